The van der Waals surface area contributed by atoms with E-state index in [9.17, 15) is 0 Å². The highest BCUT2D eigenvalue weighted by Crippen LogP contribution is 2.16. The van der Waals surface area contributed by atoms with Gasteiger partial charge in [-0.1, -0.05) is 0 Å². The summed E-state index contributed by atoms with van der Waals surface area (Å²) >= 11 is 1.72. The van der Waals surface area contributed by atoms with Gasteiger partial charge < -0.3 is 5.32 Å². The van der Waals surface area contributed by atoms with Crippen LogP contribution in [0.3, 0.4) is 0 Å². The summed E-state index contributed by atoms with van der Waals surface area (Å²) in [4.78, 5) is 5.46. The molecule has 0 aliphatic rings. The smallest absolute Gasteiger partial charge is 0.0897 e. The Balaban J connectivity index is 2.01. The fourth-order valence-electron chi connectivity index (χ4n) is 1.44. The van der Waals surface area contributed by atoms with Gasteiger partial charge in [0.15, 0.2) is 0 Å². The molecule has 1 N–H and O–H groups in total. The SMILES string of the molecule is Cc1ncc(CNc2cn(C)nc2C)s1. The summed E-state index contributed by atoms with van der Waals surface area (Å²) in [5.74, 6) is 0. The van der Waals surface area contributed by atoms with Crippen molar-refractivity contribution >= 4 is 17.0 Å². The first kappa shape index (κ1) is 10.2. The molecule has 2 rings (SSSR count). The number of hydrogen-bond donors (Lipinski definition) is 1. The van der Waals surface area contributed by atoms with Crippen molar-refractivity contribution < 1.29 is 0 Å². The highest BCUT2D eigenvalue weighted by molar-refractivity contribution is 7.11. The Morgan fingerprint density at radius 3 is 2.80 bits per heavy atom. The summed E-state index contributed by atoms with van der Waals surface area (Å²) in [6.07, 6.45) is 3.90. The molecule has 0 radical (unpaired) electrons. The predicted octanol–water partition coefficient (Wildman–Crippen LogP) is 2.11. The molecule has 0 aliphatic heterocycles. The fraction of sp³-hybridized carbons (Fsp3) is 0.400. The second-order valence-corrected chi connectivity index (χ2v) is 4.82. The second-order valence-electron chi connectivity index (χ2n) is 3.50. The van der Waals surface area contributed by atoms with Gasteiger partial charge in [-0.15, -0.1) is 11.3 Å². The van der Waals surface area contributed by atoms with Crippen molar-refractivity contribution in [2.24, 2.45) is 7.05 Å². The van der Waals surface area contributed by atoms with Crippen molar-refractivity contribution in [1.29, 1.82) is 0 Å². The van der Waals surface area contributed by atoms with Crippen LogP contribution in [0, 0.1) is 13.8 Å². The molecule has 0 spiro atoms. The molecule has 80 valence electrons. The Kier molecular flexibility index (Phi) is 2.73. The summed E-state index contributed by atoms with van der Waals surface area (Å²) < 4.78 is 1.82. The van der Waals surface area contributed by atoms with E-state index in [0.29, 0.717) is 0 Å². The molecule has 4 nitrogen and oxygen atoms in total. The summed E-state index contributed by atoms with van der Waals surface area (Å²) in [5.41, 5.74) is 2.11. The van der Waals surface area contributed by atoms with Gasteiger partial charge in [0.2, 0.25) is 0 Å². The molecule has 0 saturated carbocycles. The average Bonchev–Trinajstić information content (AvgIpc) is 2.70. The van der Waals surface area contributed by atoms with Crippen molar-refractivity contribution in [3.63, 3.8) is 0 Å². The van der Waals surface area contributed by atoms with Gasteiger partial charge in [-0.05, 0) is 13.8 Å². The number of hydrogen-bond acceptors (Lipinski definition) is 4. The van der Waals surface area contributed by atoms with Crippen LogP contribution < -0.4 is 5.32 Å². The number of anilines is 1. The lowest BCUT2D eigenvalue weighted by molar-refractivity contribution is 0.756. The van der Waals surface area contributed by atoms with Crippen LogP contribution >= 0.6 is 11.3 Å². The van der Waals surface area contributed by atoms with E-state index in [1.165, 1.54) is 4.88 Å². The average molecular weight is 222 g/mol. The first-order valence-corrected chi connectivity index (χ1v) is 5.62. The maximum Gasteiger partial charge on any atom is 0.0897 e. The summed E-state index contributed by atoms with van der Waals surface area (Å²) in [7, 11) is 1.93. The zero-order chi connectivity index (χ0) is 10.8. The third-order valence-electron chi connectivity index (χ3n) is 2.14. The van der Waals surface area contributed by atoms with E-state index in [-0.39, 0.29) is 0 Å². The summed E-state index contributed by atoms with van der Waals surface area (Å²) in [6, 6.07) is 0. The van der Waals surface area contributed by atoms with E-state index in [4.69, 9.17) is 0 Å². The molecule has 0 atom stereocenters. The van der Waals surface area contributed by atoms with Crippen LogP contribution in [-0.2, 0) is 13.6 Å². The highest BCUT2D eigenvalue weighted by Gasteiger charge is 2.03. The van der Waals surface area contributed by atoms with Gasteiger partial charge in [0.05, 0.1) is 22.9 Å². The van der Waals surface area contributed by atoms with E-state index in [1.807, 2.05) is 38.0 Å². The first-order chi connectivity index (χ1) is 7.15. The van der Waals surface area contributed by atoms with Crippen LogP contribution in [0.2, 0.25) is 0 Å². The van der Waals surface area contributed by atoms with E-state index < -0.39 is 0 Å². The van der Waals surface area contributed by atoms with Crippen LogP contribution in [0.15, 0.2) is 12.4 Å². The topological polar surface area (TPSA) is 42.7 Å². The fourth-order valence-corrected chi connectivity index (χ4v) is 2.18. The summed E-state index contributed by atoms with van der Waals surface area (Å²) in [5, 5.41) is 8.73. The van der Waals surface area contributed by atoms with Crippen molar-refractivity contribution in [1.82, 2.24) is 14.8 Å². The van der Waals surface area contributed by atoms with Gasteiger partial charge >= 0.3 is 0 Å². The predicted molar refractivity (Wildman–Crippen MR) is 62.1 cm³/mol. The molecule has 0 saturated heterocycles. The van der Waals surface area contributed by atoms with Crippen LogP contribution in [0.4, 0.5) is 5.69 Å². The van der Waals surface area contributed by atoms with Crippen LogP contribution in [0.5, 0.6) is 0 Å². The van der Waals surface area contributed by atoms with Gasteiger partial charge in [-0.2, -0.15) is 5.10 Å². The second kappa shape index (κ2) is 4.02. The normalized spacial score (nSPS) is 10.6. The van der Waals surface area contributed by atoms with E-state index in [1.54, 1.807) is 11.3 Å². The highest BCUT2D eigenvalue weighted by atomic mass is 32.1. The van der Waals surface area contributed by atoms with Crippen molar-refractivity contribution in [2.45, 2.75) is 20.4 Å². The third kappa shape index (κ3) is 2.36. The molecule has 5 heteroatoms. The van der Waals surface area contributed by atoms with Crippen molar-refractivity contribution in [2.75, 3.05) is 5.32 Å². The molecule has 15 heavy (non-hydrogen) atoms. The minimum absolute atomic E-state index is 0.818. The zero-order valence-corrected chi connectivity index (χ0v) is 9.93. The number of aromatic nitrogens is 3. The Morgan fingerprint density at radius 2 is 2.27 bits per heavy atom. The molecule has 0 fully saturated rings. The monoisotopic (exact) mass is 222 g/mol. The largest absolute Gasteiger partial charge is 0.377 e. The maximum atomic E-state index is 4.27. The van der Waals surface area contributed by atoms with Crippen LogP contribution in [0.1, 0.15) is 15.6 Å². The standard InChI is InChI=1S/C10H14N4S/c1-7-10(6-14(3)13-7)12-5-9-4-11-8(2)15-9/h4,6,12H,5H2,1-3H3. The molecule has 2 aromatic rings. The van der Waals surface area contributed by atoms with Crippen LogP contribution in [0.25, 0.3) is 0 Å². The van der Waals surface area contributed by atoms with E-state index in [0.717, 1.165) is 22.9 Å². The number of nitrogens with zero attached hydrogens (tertiary/aromatic N) is 3. The molecule has 0 aliphatic carbocycles. The number of aryl methyl sites for hydroxylation is 3. The van der Waals surface area contributed by atoms with E-state index in [2.05, 4.69) is 15.4 Å². The van der Waals surface area contributed by atoms with Gasteiger partial charge in [0.25, 0.3) is 0 Å². The molecule has 0 aromatic carbocycles. The Hall–Kier alpha value is -1.36. The molecule has 2 heterocycles. The molecule has 0 unspecified atom stereocenters. The van der Waals surface area contributed by atoms with Gasteiger partial charge in [-0.3, -0.25) is 4.68 Å². The minimum atomic E-state index is 0.818. The minimum Gasteiger partial charge on any atom is -0.377 e. The van der Waals surface area contributed by atoms with Gasteiger partial charge in [0.1, 0.15) is 0 Å². The molecular formula is C10H14N4S. The lowest BCUT2D eigenvalue weighted by atomic mass is 10.4. The lowest BCUT2D eigenvalue weighted by Gasteiger charge is -2.00. The third-order valence-corrected chi connectivity index (χ3v) is 3.05. The van der Waals surface area contributed by atoms with Gasteiger partial charge in [0, 0.05) is 24.3 Å². The van der Waals surface area contributed by atoms with Crippen molar-refractivity contribution in [3.05, 3.63) is 28.0 Å². The molecular weight excluding hydrogens is 208 g/mol. The quantitative estimate of drug-likeness (QED) is 0.865. The molecule has 0 amide bonds. The van der Waals surface area contributed by atoms with Gasteiger partial charge in [-0.25, -0.2) is 4.98 Å². The summed E-state index contributed by atoms with van der Waals surface area (Å²) in [6.45, 7) is 4.84. The first-order valence-electron chi connectivity index (χ1n) is 4.80. The molecule has 2 aromatic heterocycles. The van der Waals surface area contributed by atoms with Crippen molar-refractivity contribution in [3.8, 4) is 0 Å². The molecule has 0 bridgehead atoms. The number of thiazole rings is 1. The number of rotatable bonds is 3. The number of nitrogens with one attached hydrogen (secondary N) is 1. The zero-order valence-electron chi connectivity index (χ0n) is 9.11. The van der Waals surface area contributed by atoms with E-state index >= 15 is 0 Å². The van der Waals surface area contributed by atoms with Crippen LogP contribution in [-0.4, -0.2) is 14.8 Å². The Bertz CT molecular complexity index is 458. The Labute approximate surface area is 93.0 Å². The Morgan fingerprint density at radius 1 is 1.47 bits per heavy atom. The lowest BCUT2D eigenvalue weighted by Crippen LogP contribution is -1.97. The maximum absolute atomic E-state index is 4.27.